The first kappa shape index (κ1) is 14.2. The number of likely N-dealkylation sites (N-methyl/N-ethyl adjacent to an activating group) is 1. The third-order valence-corrected chi connectivity index (χ3v) is 4.40. The highest BCUT2D eigenvalue weighted by molar-refractivity contribution is 7.12. The van der Waals surface area contributed by atoms with Crippen molar-refractivity contribution in [1.29, 1.82) is 0 Å². The number of nitrogens with one attached hydrogen (secondary N) is 1. The summed E-state index contributed by atoms with van der Waals surface area (Å²) in [7, 11) is 0. The molecule has 1 heterocycles. The van der Waals surface area contributed by atoms with Crippen LogP contribution in [0.4, 0.5) is 4.39 Å². The van der Waals surface area contributed by atoms with Gasteiger partial charge in [-0.05, 0) is 62.2 Å². The maximum absolute atomic E-state index is 13.4. The Bertz CT molecular complexity index is 547. The lowest BCUT2D eigenvalue weighted by Gasteiger charge is -2.18. The first-order valence-corrected chi connectivity index (χ1v) is 7.46. The van der Waals surface area contributed by atoms with E-state index in [1.807, 2.05) is 24.3 Å². The first-order valence-electron chi connectivity index (χ1n) is 6.65. The van der Waals surface area contributed by atoms with E-state index in [2.05, 4.69) is 31.3 Å². The first-order chi connectivity index (χ1) is 9.10. The number of hydrogen-bond donors (Lipinski definition) is 1. The lowest BCUT2D eigenvalue weighted by atomic mass is 10.00. The Kier molecular flexibility index (Phi) is 4.72. The fraction of sp³-hybridized carbons (Fsp3) is 0.375. The van der Waals surface area contributed by atoms with Gasteiger partial charge in [0.25, 0.3) is 0 Å². The van der Waals surface area contributed by atoms with Gasteiger partial charge in [0, 0.05) is 15.8 Å². The zero-order valence-corrected chi connectivity index (χ0v) is 12.5. The van der Waals surface area contributed by atoms with E-state index in [9.17, 15) is 4.39 Å². The predicted octanol–water partition coefficient (Wildman–Crippen LogP) is 4.40. The Morgan fingerprint density at radius 2 is 2.00 bits per heavy atom. The fourth-order valence-electron chi connectivity index (χ4n) is 2.24. The van der Waals surface area contributed by atoms with Crippen LogP contribution in [0.5, 0.6) is 0 Å². The van der Waals surface area contributed by atoms with Gasteiger partial charge in [-0.2, -0.15) is 0 Å². The number of rotatable bonds is 5. The van der Waals surface area contributed by atoms with E-state index in [0.29, 0.717) is 0 Å². The molecule has 1 aromatic heterocycles. The van der Waals surface area contributed by atoms with Crippen molar-refractivity contribution >= 4 is 11.3 Å². The third-order valence-electron chi connectivity index (χ3n) is 3.29. The number of hydrogen-bond acceptors (Lipinski definition) is 2. The van der Waals surface area contributed by atoms with Gasteiger partial charge in [0.05, 0.1) is 0 Å². The summed E-state index contributed by atoms with van der Waals surface area (Å²) in [6, 6.07) is 9.61. The Labute approximate surface area is 118 Å². The fourth-order valence-corrected chi connectivity index (χ4v) is 3.19. The molecule has 1 atom stereocenters. The van der Waals surface area contributed by atoms with Crippen LogP contribution in [0, 0.1) is 19.7 Å². The zero-order valence-electron chi connectivity index (χ0n) is 11.7. The molecule has 2 rings (SSSR count). The molecule has 102 valence electrons. The lowest BCUT2D eigenvalue weighted by molar-refractivity contribution is 0.553. The molecule has 19 heavy (non-hydrogen) atoms. The minimum atomic E-state index is -0.154. The number of thiophene rings is 1. The highest BCUT2D eigenvalue weighted by Crippen LogP contribution is 2.27. The summed E-state index contributed by atoms with van der Waals surface area (Å²) in [5.41, 5.74) is 2.23. The Hall–Kier alpha value is -1.19. The van der Waals surface area contributed by atoms with Crippen LogP contribution in [0.25, 0.3) is 0 Å². The average Bonchev–Trinajstić information content (AvgIpc) is 2.80. The normalized spacial score (nSPS) is 12.6. The molecule has 1 unspecified atom stereocenters. The summed E-state index contributed by atoms with van der Waals surface area (Å²) in [5, 5.41) is 3.50. The van der Waals surface area contributed by atoms with Gasteiger partial charge in [-0.3, -0.25) is 0 Å². The van der Waals surface area contributed by atoms with Crippen molar-refractivity contribution < 1.29 is 4.39 Å². The molecule has 0 saturated carbocycles. The van der Waals surface area contributed by atoms with Crippen LogP contribution in [0.15, 0.2) is 30.3 Å². The van der Waals surface area contributed by atoms with Gasteiger partial charge in [-0.25, -0.2) is 4.39 Å². The van der Waals surface area contributed by atoms with Crippen molar-refractivity contribution in [1.82, 2.24) is 5.32 Å². The molecule has 0 fully saturated rings. The second-order valence-electron chi connectivity index (χ2n) is 4.83. The molecular weight excluding hydrogens is 257 g/mol. The lowest BCUT2D eigenvalue weighted by Crippen LogP contribution is -2.22. The van der Waals surface area contributed by atoms with Gasteiger partial charge in [0.15, 0.2) is 0 Å². The second-order valence-corrected chi connectivity index (χ2v) is 6.15. The molecule has 0 aliphatic rings. The maximum atomic E-state index is 13.4. The van der Waals surface area contributed by atoms with E-state index in [1.54, 1.807) is 6.07 Å². The van der Waals surface area contributed by atoms with E-state index in [1.165, 1.54) is 15.8 Å². The number of halogens is 1. The molecule has 0 radical (unpaired) electrons. The van der Waals surface area contributed by atoms with Crippen LogP contribution >= 0.6 is 11.3 Å². The van der Waals surface area contributed by atoms with Crippen molar-refractivity contribution in [3.8, 4) is 0 Å². The monoisotopic (exact) mass is 277 g/mol. The molecule has 1 N–H and O–H groups in total. The van der Waals surface area contributed by atoms with Gasteiger partial charge in [-0.1, -0.05) is 13.0 Å². The molecule has 0 aliphatic carbocycles. The molecule has 0 aliphatic heterocycles. The summed E-state index contributed by atoms with van der Waals surface area (Å²) < 4.78 is 13.4. The van der Waals surface area contributed by atoms with Crippen molar-refractivity contribution in [3.05, 3.63) is 57.0 Å². The van der Waals surface area contributed by atoms with Crippen molar-refractivity contribution in [2.75, 3.05) is 6.54 Å². The standard InChI is InChI=1S/C16H20FNS/c1-4-18-15(16-8-6-12(3)19-16)10-13-9-14(17)7-5-11(13)2/h5-9,15,18H,4,10H2,1-3H3. The molecule has 0 amide bonds. The Morgan fingerprint density at radius 1 is 1.21 bits per heavy atom. The van der Waals surface area contributed by atoms with E-state index in [-0.39, 0.29) is 11.9 Å². The second kappa shape index (κ2) is 6.31. The minimum absolute atomic E-state index is 0.154. The van der Waals surface area contributed by atoms with Crippen LogP contribution in [0.3, 0.4) is 0 Å². The van der Waals surface area contributed by atoms with Crippen LogP contribution in [-0.2, 0) is 6.42 Å². The van der Waals surface area contributed by atoms with Crippen LogP contribution in [0.1, 0.15) is 33.8 Å². The van der Waals surface area contributed by atoms with Crippen LogP contribution in [-0.4, -0.2) is 6.54 Å². The van der Waals surface area contributed by atoms with E-state index < -0.39 is 0 Å². The van der Waals surface area contributed by atoms with Crippen LogP contribution < -0.4 is 5.32 Å². The van der Waals surface area contributed by atoms with E-state index in [0.717, 1.165) is 24.1 Å². The van der Waals surface area contributed by atoms with Gasteiger partial charge >= 0.3 is 0 Å². The van der Waals surface area contributed by atoms with Gasteiger partial charge in [0.1, 0.15) is 5.82 Å². The molecular formula is C16H20FNS. The van der Waals surface area contributed by atoms with Gasteiger partial charge < -0.3 is 5.32 Å². The smallest absolute Gasteiger partial charge is 0.123 e. The average molecular weight is 277 g/mol. The molecule has 1 nitrogen and oxygen atoms in total. The van der Waals surface area contributed by atoms with E-state index in [4.69, 9.17) is 0 Å². The van der Waals surface area contributed by atoms with Crippen molar-refractivity contribution in [2.45, 2.75) is 33.2 Å². The number of aryl methyl sites for hydroxylation is 2. The van der Waals surface area contributed by atoms with Crippen molar-refractivity contribution in [2.24, 2.45) is 0 Å². The number of benzene rings is 1. The summed E-state index contributed by atoms with van der Waals surface area (Å²) in [6.07, 6.45) is 0.831. The van der Waals surface area contributed by atoms with Gasteiger partial charge in [0.2, 0.25) is 0 Å². The minimum Gasteiger partial charge on any atom is -0.309 e. The molecule has 2 aromatic rings. The van der Waals surface area contributed by atoms with Crippen molar-refractivity contribution in [3.63, 3.8) is 0 Å². The molecule has 0 saturated heterocycles. The molecule has 3 heteroatoms. The molecule has 1 aromatic carbocycles. The summed E-state index contributed by atoms with van der Waals surface area (Å²) in [4.78, 5) is 2.64. The Balaban J connectivity index is 2.23. The van der Waals surface area contributed by atoms with Crippen LogP contribution in [0.2, 0.25) is 0 Å². The highest BCUT2D eigenvalue weighted by atomic mass is 32.1. The molecule has 0 spiro atoms. The SMILES string of the molecule is CCNC(Cc1cc(F)ccc1C)c1ccc(C)s1. The predicted molar refractivity (Wildman–Crippen MR) is 80.3 cm³/mol. The molecule has 0 bridgehead atoms. The summed E-state index contributed by atoms with van der Waals surface area (Å²) in [6.45, 7) is 7.17. The topological polar surface area (TPSA) is 12.0 Å². The zero-order chi connectivity index (χ0) is 13.8. The largest absolute Gasteiger partial charge is 0.309 e. The summed E-state index contributed by atoms with van der Waals surface area (Å²) >= 11 is 1.81. The van der Waals surface area contributed by atoms with E-state index >= 15 is 0 Å². The highest BCUT2D eigenvalue weighted by Gasteiger charge is 2.14. The maximum Gasteiger partial charge on any atom is 0.123 e. The summed E-state index contributed by atoms with van der Waals surface area (Å²) in [5.74, 6) is -0.154. The quantitative estimate of drug-likeness (QED) is 0.854. The Morgan fingerprint density at radius 3 is 2.63 bits per heavy atom. The van der Waals surface area contributed by atoms with Gasteiger partial charge in [-0.15, -0.1) is 11.3 Å². The third kappa shape index (κ3) is 3.64.